The summed E-state index contributed by atoms with van der Waals surface area (Å²) in [7, 11) is 1.49. The molecule has 0 saturated heterocycles. The van der Waals surface area contributed by atoms with Crippen LogP contribution in [0.4, 0.5) is 11.4 Å². The molecule has 2 aromatic rings. The summed E-state index contributed by atoms with van der Waals surface area (Å²) in [6.45, 7) is -0.00355. The number of rotatable bonds is 4. The van der Waals surface area contributed by atoms with Crippen LogP contribution in [0.5, 0.6) is 5.75 Å². The molecule has 0 bridgehead atoms. The van der Waals surface area contributed by atoms with Crippen molar-refractivity contribution in [3.63, 3.8) is 0 Å². The minimum Gasteiger partial charge on any atom is -0.494 e. The summed E-state index contributed by atoms with van der Waals surface area (Å²) in [5.41, 5.74) is 6.70. The molecule has 0 aliphatic heterocycles. The third-order valence-electron chi connectivity index (χ3n) is 2.63. The first-order valence-electron chi connectivity index (χ1n) is 5.78. The molecule has 0 atom stereocenters. The Kier molecular flexibility index (Phi) is 3.86. The van der Waals surface area contributed by atoms with Gasteiger partial charge in [-0.3, -0.25) is 4.79 Å². The van der Waals surface area contributed by atoms with E-state index in [2.05, 4.69) is 10.3 Å². The fourth-order valence-electron chi connectivity index (χ4n) is 1.71. The lowest BCUT2D eigenvalue weighted by atomic mass is 10.2. The monoisotopic (exact) mass is 271 g/mol. The zero-order valence-electron chi connectivity index (χ0n) is 10.8. The van der Waals surface area contributed by atoms with E-state index in [1.165, 1.54) is 17.9 Å². The van der Waals surface area contributed by atoms with Crippen LogP contribution < -0.4 is 15.8 Å². The fourth-order valence-corrected chi connectivity index (χ4v) is 1.71. The number of amides is 1. The second kappa shape index (κ2) is 5.75. The van der Waals surface area contributed by atoms with Gasteiger partial charge in [-0.25, -0.2) is 4.98 Å². The number of hydrogen-bond donors (Lipinski definition) is 2. The van der Waals surface area contributed by atoms with Gasteiger partial charge in [0.15, 0.2) is 0 Å². The van der Waals surface area contributed by atoms with Crippen molar-refractivity contribution in [3.8, 4) is 11.8 Å². The van der Waals surface area contributed by atoms with Gasteiger partial charge in [0.1, 0.15) is 18.4 Å². The highest BCUT2D eigenvalue weighted by Crippen LogP contribution is 2.26. The number of imidazole rings is 1. The molecule has 0 aliphatic rings. The Morgan fingerprint density at radius 2 is 2.40 bits per heavy atom. The predicted octanol–water partition coefficient (Wildman–Crippen LogP) is 0.984. The van der Waals surface area contributed by atoms with Crippen LogP contribution in [0.2, 0.25) is 0 Å². The predicted molar refractivity (Wildman–Crippen MR) is 73.0 cm³/mol. The van der Waals surface area contributed by atoms with Crippen molar-refractivity contribution in [1.29, 1.82) is 5.26 Å². The lowest BCUT2D eigenvalue weighted by Gasteiger charge is -2.11. The summed E-state index contributed by atoms with van der Waals surface area (Å²) in [6, 6.07) is 6.84. The van der Waals surface area contributed by atoms with E-state index in [-0.39, 0.29) is 18.3 Å². The number of nitrogens with zero attached hydrogens (tertiary/aromatic N) is 3. The van der Waals surface area contributed by atoms with Gasteiger partial charge >= 0.3 is 0 Å². The largest absolute Gasteiger partial charge is 0.494 e. The maximum absolute atomic E-state index is 11.9. The van der Waals surface area contributed by atoms with Crippen LogP contribution in [0.25, 0.3) is 0 Å². The molecule has 0 fully saturated rings. The van der Waals surface area contributed by atoms with Gasteiger partial charge in [0.25, 0.3) is 0 Å². The SMILES string of the molecule is COc1cc(N)ccc1NC(=O)Cn1ccnc1C#N. The first-order chi connectivity index (χ1) is 9.63. The lowest BCUT2D eigenvalue weighted by Crippen LogP contribution is -2.19. The molecule has 1 amide bonds. The van der Waals surface area contributed by atoms with Crippen molar-refractivity contribution in [2.24, 2.45) is 0 Å². The summed E-state index contributed by atoms with van der Waals surface area (Å²) in [5, 5.41) is 11.5. The number of nitrogen functional groups attached to an aromatic ring is 1. The van der Waals surface area contributed by atoms with Gasteiger partial charge in [-0.2, -0.15) is 5.26 Å². The zero-order valence-corrected chi connectivity index (χ0v) is 10.8. The van der Waals surface area contributed by atoms with Gasteiger partial charge < -0.3 is 20.4 Å². The number of benzene rings is 1. The summed E-state index contributed by atoms with van der Waals surface area (Å²) in [5.74, 6) is 0.372. The molecular formula is C13H13N5O2. The minimum atomic E-state index is -0.289. The molecule has 102 valence electrons. The van der Waals surface area contributed by atoms with E-state index in [1.807, 2.05) is 6.07 Å². The molecule has 1 heterocycles. The Hall–Kier alpha value is -3.01. The van der Waals surface area contributed by atoms with Crippen LogP contribution in [-0.4, -0.2) is 22.6 Å². The zero-order chi connectivity index (χ0) is 14.5. The minimum absolute atomic E-state index is 0.00355. The van der Waals surface area contributed by atoms with Crippen LogP contribution in [-0.2, 0) is 11.3 Å². The topological polar surface area (TPSA) is 106 Å². The lowest BCUT2D eigenvalue weighted by molar-refractivity contribution is -0.116. The summed E-state index contributed by atoms with van der Waals surface area (Å²) in [4.78, 5) is 15.8. The molecule has 0 aliphatic carbocycles. The molecule has 2 rings (SSSR count). The van der Waals surface area contributed by atoms with Gasteiger partial charge in [-0.1, -0.05) is 0 Å². The number of carbonyl (C=O) groups excluding carboxylic acids is 1. The van der Waals surface area contributed by atoms with Gasteiger partial charge in [0.2, 0.25) is 11.7 Å². The van der Waals surface area contributed by atoms with Crippen LogP contribution in [0.3, 0.4) is 0 Å². The van der Waals surface area contributed by atoms with Crippen molar-refractivity contribution in [2.45, 2.75) is 6.54 Å². The molecule has 0 saturated carbocycles. The molecule has 0 spiro atoms. The third kappa shape index (κ3) is 2.87. The third-order valence-corrected chi connectivity index (χ3v) is 2.63. The van der Waals surface area contributed by atoms with Crippen LogP contribution >= 0.6 is 0 Å². The Morgan fingerprint density at radius 3 is 3.10 bits per heavy atom. The molecule has 1 aromatic heterocycles. The highest BCUT2D eigenvalue weighted by molar-refractivity contribution is 5.92. The highest BCUT2D eigenvalue weighted by atomic mass is 16.5. The van der Waals surface area contributed by atoms with E-state index in [4.69, 9.17) is 15.7 Å². The number of hydrogen-bond acceptors (Lipinski definition) is 5. The summed E-state index contributed by atoms with van der Waals surface area (Å²) in [6.07, 6.45) is 3.04. The Balaban J connectivity index is 2.11. The Labute approximate surface area is 115 Å². The Morgan fingerprint density at radius 1 is 1.60 bits per heavy atom. The second-order valence-electron chi connectivity index (χ2n) is 4.00. The Bertz CT molecular complexity index is 672. The van der Waals surface area contributed by atoms with E-state index in [0.29, 0.717) is 17.1 Å². The van der Waals surface area contributed by atoms with E-state index in [1.54, 1.807) is 24.4 Å². The maximum Gasteiger partial charge on any atom is 0.244 e. The molecule has 0 radical (unpaired) electrons. The standard InChI is InChI=1S/C13H13N5O2/c1-20-11-6-9(15)2-3-10(11)17-13(19)8-18-5-4-16-12(18)7-14/h2-6H,8,15H2,1H3,(H,17,19). The van der Waals surface area contributed by atoms with E-state index in [9.17, 15) is 4.79 Å². The van der Waals surface area contributed by atoms with Crippen molar-refractivity contribution in [2.75, 3.05) is 18.2 Å². The van der Waals surface area contributed by atoms with Gasteiger partial charge in [-0.15, -0.1) is 0 Å². The molecule has 20 heavy (non-hydrogen) atoms. The molecule has 0 unspecified atom stereocenters. The van der Waals surface area contributed by atoms with Gasteiger partial charge in [-0.05, 0) is 12.1 Å². The first-order valence-corrected chi connectivity index (χ1v) is 5.78. The number of carbonyl (C=O) groups is 1. The molecule has 3 N–H and O–H groups in total. The number of nitrogens with two attached hydrogens (primary N) is 1. The van der Waals surface area contributed by atoms with Crippen LogP contribution in [0.15, 0.2) is 30.6 Å². The van der Waals surface area contributed by atoms with Crippen molar-refractivity contribution < 1.29 is 9.53 Å². The molecule has 7 nitrogen and oxygen atoms in total. The molecule has 7 heteroatoms. The molecule has 1 aromatic carbocycles. The van der Waals surface area contributed by atoms with Crippen molar-refractivity contribution >= 4 is 17.3 Å². The van der Waals surface area contributed by atoms with E-state index in [0.717, 1.165) is 0 Å². The summed E-state index contributed by atoms with van der Waals surface area (Å²) < 4.78 is 6.60. The van der Waals surface area contributed by atoms with E-state index < -0.39 is 0 Å². The average molecular weight is 271 g/mol. The number of ether oxygens (including phenoxy) is 1. The van der Waals surface area contributed by atoms with Gasteiger partial charge in [0, 0.05) is 24.1 Å². The van der Waals surface area contributed by atoms with Crippen molar-refractivity contribution in [3.05, 3.63) is 36.4 Å². The fraction of sp³-hybridized carbons (Fsp3) is 0.154. The first kappa shape index (κ1) is 13.4. The van der Waals surface area contributed by atoms with Crippen LogP contribution in [0, 0.1) is 11.3 Å². The highest BCUT2D eigenvalue weighted by Gasteiger charge is 2.10. The van der Waals surface area contributed by atoms with Gasteiger partial charge in [0.05, 0.1) is 12.8 Å². The molecular weight excluding hydrogens is 258 g/mol. The van der Waals surface area contributed by atoms with Crippen LogP contribution in [0.1, 0.15) is 5.82 Å². The number of aromatic nitrogens is 2. The maximum atomic E-state index is 11.9. The number of nitrogens with one attached hydrogen (secondary N) is 1. The van der Waals surface area contributed by atoms with E-state index >= 15 is 0 Å². The second-order valence-corrected chi connectivity index (χ2v) is 4.00. The average Bonchev–Trinajstić information content (AvgIpc) is 2.87. The summed E-state index contributed by atoms with van der Waals surface area (Å²) >= 11 is 0. The smallest absolute Gasteiger partial charge is 0.244 e. The normalized spacial score (nSPS) is 9.80. The number of methoxy groups -OCH3 is 1. The number of anilines is 2. The quantitative estimate of drug-likeness (QED) is 0.806. The van der Waals surface area contributed by atoms with Crippen molar-refractivity contribution in [1.82, 2.24) is 9.55 Å². The number of nitriles is 1.